The zero-order valence-electron chi connectivity index (χ0n) is 17.2. The van der Waals surface area contributed by atoms with Gasteiger partial charge in [0.05, 0.1) is 4.92 Å². The summed E-state index contributed by atoms with van der Waals surface area (Å²) < 4.78 is 1.31. The number of likely N-dealkylation sites (N-methyl/N-ethyl adjacent to an activating group) is 1. The van der Waals surface area contributed by atoms with Crippen molar-refractivity contribution in [2.45, 2.75) is 25.8 Å². The molecule has 2 aromatic rings. The first-order chi connectivity index (χ1) is 13.8. The Hall–Kier alpha value is -2.78. The number of aromatic nitrogens is 2. The lowest BCUT2D eigenvalue weighted by atomic mass is 10.0. The van der Waals surface area contributed by atoms with Crippen molar-refractivity contribution in [2.75, 3.05) is 45.1 Å². The molecule has 1 aromatic heterocycles. The summed E-state index contributed by atoms with van der Waals surface area (Å²) in [6.07, 6.45) is 3.38. The Balaban J connectivity index is 1.55. The van der Waals surface area contributed by atoms with E-state index in [1.807, 2.05) is 24.3 Å². The Morgan fingerprint density at radius 3 is 2.45 bits per heavy atom. The van der Waals surface area contributed by atoms with E-state index >= 15 is 0 Å². The maximum atomic E-state index is 12.7. The summed E-state index contributed by atoms with van der Waals surface area (Å²) in [4.78, 5) is 27.8. The quantitative estimate of drug-likeness (QED) is 0.564. The minimum atomic E-state index is -1.06. The molecule has 29 heavy (non-hydrogen) atoms. The Bertz CT molecular complexity index is 853. The van der Waals surface area contributed by atoms with E-state index < -0.39 is 10.5 Å². The highest BCUT2D eigenvalue weighted by Gasteiger charge is 2.32. The Morgan fingerprint density at radius 1 is 1.21 bits per heavy atom. The SMILES string of the molecule is CN1CCN(CCc2ccc(NC(=O)C(C)(C)n3cc([N+](=O)[O-])cn3)cc2)CC1. The first kappa shape index (κ1) is 20.9. The lowest BCUT2D eigenvalue weighted by Gasteiger charge is -2.32. The molecule has 0 spiro atoms. The average molecular weight is 400 g/mol. The van der Waals surface area contributed by atoms with Gasteiger partial charge >= 0.3 is 5.69 Å². The van der Waals surface area contributed by atoms with Crippen LogP contribution in [0.4, 0.5) is 11.4 Å². The number of carbonyl (C=O) groups is 1. The molecular formula is C20H28N6O3. The fourth-order valence-corrected chi connectivity index (χ4v) is 3.21. The largest absolute Gasteiger partial charge is 0.324 e. The van der Waals surface area contributed by atoms with Crippen molar-refractivity contribution in [2.24, 2.45) is 0 Å². The summed E-state index contributed by atoms with van der Waals surface area (Å²) in [6, 6.07) is 7.83. The highest BCUT2D eigenvalue weighted by atomic mass is 16.6. The summed E-state index contributed by atoms with van der Waals surface area (Å²) in [5.41, 5.74) is 0.710. The number of hydrogen-bond acceptors (Lipinski definition) is 6. The fourth-order valence-electron chi connectivity index (χ4n) is 3.21. The topological polar surface area (TPSA) is 96.5 Å². The molecule has 0 saturated carbocycles. The summed E-state index contributed by atoms with van der Waals surface area (Å²) in [5, 5.41) is 17.7. The van der Waals surface area contributed by atoms with Crippen molar-refractivity contribution in [1.29, 1.82) is 0 Å². The van der Waals surface area contributed by atoms with Crippen molar-refractivity contribution < 1.29 is 9.72 Å². The van der Waals surface area contributed by atoms with Crippen LogP contribution in [0.25, 0.3) is 0 Å². The highest BCUT2D eigenvalue weighted by molar-refractivity contribution is 5.96. The Kier molecular flexibility index (Phi) is 6.29. The number of rotatable bonds is 7. The average Bonchev–Trinajstić information content (AvgIpc) is 3.20. The van der Waals surface area contributed by atoms with Crippen molar-refractivity contribution in [3.05, 3.63) is 52.3 Å². The van der Waals surface area contributed by atoms with Crippen LogP contribution in [-0.4, -0.2) is 70.2 Å². The van der Waals surface area contributed by atoms with E-state index in [0.717, 1.165) is 45.3 Å². The first-order valence-corrected chi connectivity index (χ1v) is 9.76. The molecule has 1 saturated heterocycles. The number of nitrogens with zero attached hydrogens (tertiary/aromatic N) is 5. The lowest BCUT2D eigenvalue weighted by molar-refractivity contribution is -0.385. The maximum Gasteiger partial charge on any atom is 0.307 e. The van der Waals surface area contributed by atoms with E-state index in [0.29, 0.717) is 5.69 Å². The lowest BCUT2D eigenvalue weighted by Crippen LogP contribution is -2.45. The molecule has 1 N–H and O–H groups in total. The molecule has 9 heteroatoms. The number of nitrogens with one attached hydrogen (secondary N) is 1. The Labute approximate surface area is 170 Å². The van der Waals surface area contributed by atoms with Crippen LogP contribution in [0.2, 0.25) is 0 Å². The van der Waals surface area contributed by atoms with Crippen molar-refractivity contribution in [3.8, 4) is 0 Å². The van der Waals surface area contributed by atoms with Gasteiger partial charge in [-0.25, -0.2) is 0 Å². The molecule has 0 unspecified atom stereocenters. The van der Waals surface area contributed by atoms with Crippen LogP contribution in [0.5, 0.6) is 0 Å². The minimum absolute atomic E-state index is 0.143. The molecule has 2 heterocycles. The number of anilines is 1. The second-order valence-electron chi connectivity index (χ2n) is 8.01. The molecular weight excluding hydrogens is 372 g/mol. The number of carbonyl (C=O) groups excluding carboxylic acids is 1. The van der Waals surface area contributed by atoms with Gasteiger partial charge in [-0.1, -0.05) is 12.1 Å². The molecule has 3 rings (SSSR count). The molecule has 0 bridgehead atoms. The van der Waals surface area contributed by atoms with Gasteiger partial charge in [0.25, 0.3) is 5.91 Å². The van der Waals surface area contributed by atoms with Crippen LogP contribution in [-0.2, 0) is 16.8 Å². The van der Waals surface area contributed by atoms with E-state index in [1.165, 1.54) is 16.4 Å². The third-order valence-corrected chi connectivity index (χ3v) is 5.43. The minimum Gasteiger partial charge on any atom is -0.324 e. The summed E-state index contributed by atoms with van der Waals surface area (Å²) in [5.74, 6) is -0.291. The molecule has 9 nitrogen and oxygen atoms in total. The smallest absolute Gasteiger partial charge is 0.307 e. The van der Waals surface area contributed by atoms with Gasteiger partial charge in [-0.2, -0.15) is 5.10 Å². The maximum absolute atomic E-state index is 12.7. The van der Waals surface area contributed by atoms with Gasteiger partial charge in [0.15, 0.2) is 0 Å². The monoisotopic (exact) mass is 400 g/mol. The van der Waals surface area contributed by atoms with E-state index in [9.17, 15) is 14.9 Å². The normalized spacial score (nSPS) is 16.0. The number of nitro groups is 1. The highest BCUT2D eigenvalue weighted by Crippen LogP contribution is 2.21. The van der Waals surface area contributed by atoms with E-state index in [1.54, 1.807) is 13.8 Å². The Morgan fingerprint density at radius 2 is 1.86 bits per heavy atom. The number of amides is 1. The predicted molar refractivity (Wildman–Crippen MR) is 111 cm³/mol. The summed E-state index contributed by atoms with van der Waals surface area (Å²) in [7, 11) is 2.15. The van der Waals surface area contributed by atoms with Gasteiger partial charge < -0.3 is 15.1 Å². The summed E-state index contributed by atoms with van der Waals surface area (Å²) >= 11 is 0. The molecule has 0 aliphatic carbocycles. The second-order valence-corrected chi connectivity index (χ2v) is 8.01. The molecule has 1 amide bonds. The molecule has 1 aliphatic heterocycles. The van der Waals surface area contributed by atoms with Gasteiger partial charge in [0.2, 0.25) is 0 Å². The molecule has 0 atom stereocenters. The van der Waals surface area contributed by atoms with Crippen molar-refractivity contribution in [3.63, 3.8) is 0 Å². The number of piperazine rings is 1. The van der Waals surface area contributed by atoms with E-state index in [-0.39, 0.29) is 11.6 Å². The van der Waals surface area contributed by atoms with E-state index in [2.05, 4.69) is 27.3 Å². The van der Waals surface area contributed by atoms with E-state index in [4.69, 9.17) is 0 Å². The van der Waals surface area contributed by atoms with Gasteiger partial charge in [-0.05, 0) is 45.0 Å². The first-order valence-electron chi connectivity index (χ1n) is 9.76. The van der Waals surface area contributed by atoms with Gasteiger partial charge in [-0.3, -0.25) is 19.6 Å². The predicted octanol–water partition coefficient (Wildman–Crippen LogP) is 1.95. The van der Waals surface area contributed by atoms with Gasteiger partial charge in [0, 0.05) is 38.4 Å². The van der Waals surface area contributed by atoms with Crippen LogP contribution in [0.15, 0.2) is 36.7 Å². The van der Waals surface area contributed by atoms with Crippen LogP contribution in [0.1, 0.15) is 19.4 Å². The zero-order valence-corrected chi connectivity index (χ0v) is 17.2. The second kappa shape index (κ2) is 8.71. The fraction of sp³-hybridized carbons (Fsp3) is 0.500. The molecule has 1 fully saturated rings. The molecule has 0 radical (unpaired) electrons. The number of hydrogen-bond donors (Lipinski definition) is 1. The van der Waals surface area contributed by atoms with Crippen molar-refractivity contribution in [1.82, 2.24) is 19.6 Å². The zero-order chi connectivity index (χ0) is 21.0. The third kappa shape index (κ3) is 5.18. The number of benzene rings is 1. The summed E-state index contributed by atoms with van der Waals surface area (Å²) in [6.45, 7) is 8.80. The van der Waals surface area contributed by atoms with Crippen LogP contribution >= 0.6 is 0 Å². The van der Waals surface area contributed by atoms with Crippen LogP contribution in [0.3, 0.4) is 0 Å². The molecule has 1 aliphatic rings. The van der Waals surface area contributed by atoms with Gasteiger partial charge in [-0.15, -0.1) is 0 Å². The van der Waals surface area contributed by atoms with Crippen molar-refractivity contribution >= 4 is 17.3 Å². The van der Waals surface area contributed by atoms with Crippen LogP contribution in [0, 0.1) is 10.1 Å². The third-order valence-electron chi connectivity index (χ3n) is 5.43. The van der Waals surface area contributed by atoms with Gasteiger partial charge in [0.1, 0.15) is 17.9 Å². The standard InChI is InChI=1S/C20H28N6O3/c1-20(2,25-15-18(14-21-25)26(28)29)19(27)22-17-6-4-16(5-7-17)8-9-24-12-10-23(3)11-13-24/h4-7,14-15H,8-13H2,1-3H3,(H,22,27). The molecule has 156 valence electrons. The van der Waals surface area contributed by atoms with Crippen LogP contribution < -0.4 is 5.32 Å². The molecule has 1 aromatic carbocycles.